The highest BCUT2D eigenvalue weighted by Crippen LogP contribution is 2.20. The molecule has 0 aliphatic carbocycles. The molecule has 0 heterocycles. The van der Waals surface area contributed by atoms with Gasteiger partial charge in [0.15, 0.2) is 5.11 Å². The van der Waals surface area contributed by atoms with Gasteiger partial charge in [-0.15, -0.1) is 0 Å². The number of carbonyl (C=O) groups excluding carboxylic acids is 2. The van der Waals surface area contributed by atoms with E-state index in [2.05, 4.69) is 10.6 Å². The fourth-order valence-corrected chi connectivity index (χ4v) is 2.50. The summed E-state index contributed by atoms with van der Waals surface area (Å²) in [6.07, 6.45) is 0. The SMILES string of the molecule is CCOC(=O)c1ccc(C(=O)OCC)c(NC(=S)NCc2ccccc2)c1. The van der Waals surface area contributed by atoms with Gasteiger partial charge >= 0.3 is 11.9 Å². The summed E-state index contributed by atoms with van der Waals surface area (Å²) in [5, 5.41) is 6.37. The third-order valence-corrected chi connectivity index (χ3v) is 3.82. The summed E-state index contributed by atoms with van der Waals surface area (Å²) in [6, 6.07) is 14.3. The molecular weight excluding hydrogens is 364 g/mol. The fourth-order valence-electron chi connectivity index (χ4n) is 2.32. The lowest BCUT2D eigenvalue weighted by Crippen LogP contribution is -2.29. The average molecular weight is 386 g/mol. The molecule has 0 unspecified atom stereocenters. The molecule has 0 fully saturated rings. The van der Waals surface area contributed by atoms with Crippen molar-refractivity contribution in [3.8, 4) is 0 Å². The highest BCUT2D eigenvalue weighted by atomic mass is 32.1. The number of rotatable bonds is 7. The Bertz CT molecular complexity index is 809. The van der Waals surface area contributed by atoms with Crippen LogP contribution in [0.4, 0.5) is 5.69 Å². The van der Waals surface area contributed by atoms with Gasteiger partial charge in [0.2, 0.25) is 0 Å². The number of esters is 2. The first-order chi connectivity index (χ1) is 13.0. The summed E-state index contributed by atoms with van der Waals surface area (Å²) in [7, 11) is 0. The van der Waals surface area contributed by atoms with E-state index >= 15 is 0 Å². The number of nitrogens with one attached hydrogen (secondary N) is 2. The molecule has 0 saturated carbocycles. The van der Waals surface area contributed by atoms with Crippen molar-refractivity contribution in [1.29, 1.82) is 0 Å². The lowest BCUT2D eigenvalue weighted by Gasteiger charge is -2.15. The number of anilines is 1. The van der Waals surface area contributed by atoms with Gasteiger partial charge in [-0.2, -0.15) is 0 Å². The minimum Gasteiger partial charge on any atom is -0.462 e. The number of carbonyl (C=O) groups is 2. The van der Waals surface area contributed by atoms with Crippen LogP contribution in [0, 0.1) is 0 Å². The number of thiocarbonyl (C=S) groups is 1. The van der Waals surface area contributed by atoms with E-state index in [0.29, 0.717) is 22.9 Å². The number of hydrogen-bond donors (Lipinski definition) is 2. The molecule has 142 valence electrons. The summed E-state index contributed by atoms with van der Waals surface area (Å²) >= 11 is 5.32. The lowest BCUT2D eigenvalue weighted by molar-refractivity contribution is 0.0512. The third kappa shape index (κ3) is 6.07. The number of benzene rings is 2. The first-order valence-corrected chi connectivity index (χ1v) is 9.03. The van der Waals surface area contributed by atoms with Crippen molar-refractivity contribution >= 4 is 35.0 Å². The molecule has 27 heavy (non-hydrogen) atoms. The standard InChI is InChI=1S/C20H22N2O4S/c1-3-25-18(23)15-10-11-16(19(24)26-4-2)17(12-15)22-20(27)21-13-14-8-6-5-7-9-14/h5-12H,3-4,13H2,1-2H3,(H2,21,22,27). The highest BCUT2D eigenvalue weighted by molar-refractivity contribution is 7.80. The molecule has 0 atom stereocenters. The Hall–Kier alpha value is -2.93. The summed E-state index contributed by atoms with van der Waals surface area (Å²) in [5.41, 5.74) is 2.05. The molecule has 7 heteroatoms. The van der Waals surface area contributed by atoms with Crippen molar-refractivity contribution in [3.05, 3.63) is 65.2 Å². The fraction of sp³-hybridized carbons (Fsp3) is 0.250. The van der Waals surface area contributed by atoms with E-state index in [9.17, 15) is 9.59 Å². The van der Waals surface area contributed by atoms with Gasteiger partial charge in [0, 0.05) is 6.54 Å². The van der Waals surface area contributed by atoms with E-state index in [-0.39, 0.29) is 18.8 Å². The van der Waals surface area contributed by atoms with Gasteiger partial charge in [-0.05, 0) is 49.8 Å². The van der Waals surface area contributed by atoms with Crippen molar-refractivity contribution in [1.82, 2.24) is 5.32 Å². The summed E-state index contributed by atoms with van der Waals surface area (Å²) < 4.78 is 10.1. The Morgan fingerprint density at radius 1 is 0.963 bits per heavy atom. The minimum atomic E-state index is -0.499. The topological polar surface area (TPSA) is 76.7 Å². The Morgan fingerprint density at radius 3 is 2.30 bits per heavy atom. The molecule has 0 saturated heterocycles. The first kappa shape index (κ1) is 20.4. The second-order valence-corrected chi connectivity index (χ2v) is 5.90. The summed E-state index contributed by atoms with van der Waals surface area (Å²) in [4.78, 5) is 24.2. The van der Waals surface area contributed by atoms with Crippen LogP contribution in [0.5, 0.6) is 0 Å². The Balaban J connectivity index is 2.17. The predicted molar refractivity (Wildman–Crippen MR) is 108 cm³/mol. The Morgan fingerprint density at radius 2 is 1.63 bits per heavy atom. The van der Waals surface area contributed by atoms with Crippen molar-refractivity contribution in [2.75, 3.05) is 18.5 Å². The van der Waals surface area contributed by atoms with Crippen LogP contribution >= 0.6 is 12.2 Å². The second kappa shape index (κ2) is 10.3. The van der Waals surface area contributed by atoms with E-state index in [1.165, 1.54) is 18.2 Å². The van der Waals surface area contributed by atoms with Gasteiger partial charge in [0.1, 0.15) is 0 Å². The molecule has 0 amide bonds. The molecule has 2 rings (SSSR count). The van der Waals surface area contributed by atoms with E-state index in [1.54, 1.807) is 13.8 Å². The largest absolute Gasteiger partial charge is 0.462 e. The lowest BCUT2D eigenvalue weighted by atomic mass is 10.1. The number of ether oxygens (including phenoxy) is 2. The van der Waals surface area contributed by atoms with Gasteiger partial charge in [-0.25, -0.2) is 9.59 Å². The van der Waals surface area contributed by atoms with Crippen LogP contribution in [0.2, 0.25) is 0 Å². The van der Waals surface area contributed by atoms with E-state index < -0.39 is 11.9 Å². The summed E-state index contributed by atoms with van der Waals surface area (Å²) in [5.74, 6) is -0.972. The van der Waals surface area contributed by atoms with Gasteiger partial charge in [-0.3, -0.25) is 0 Å². The zero-order chi connectivity index (χ0) is 19.6. The zero-order valence-electron chi connectivity index (χ0n) is 15.3. The van der Waals surface area contributed by atoms with E-state index in [4.69, 9.17) is 21.7 Å². The van der Waals surface area contributed by atoms with Crippen LogP contribution in [-0.4, -0.2) is 30.3 Å². The second-order valence-electron chi connectivity index (χ2n) is 5.49. The molecule has 6 nitrogen and oxygen atoms in total. The predicted octanol–water partition coefficient (Wildman–Crippen LogP) is 3.53. The molecule has 0 bridgehead atoms. The van der Waals surface area contributed by atoms with Crippen LogP contribution in [0.1, 0.15) is 40.1 Å². The molecule has 0 spiro atoms. The maximum Gasteiger partial charge on any atom is 0.340 e. The molecule has 0 aromatic heterocycles. The molecule has 2 aromatic carbocycles. The summed E-state index contributed by atoms with van der Waals surface area (Å²) in [6.45, 7) is 4.49. The Kier molecular flexibility index (Phi) is 7.76. The molecule has 0 aliphatic rings. The minimum absolute atomic E-state index is 0.245. The van der Waals surface area contributed by atoms with Gasteiger partial charge in [-0.1, -0.05) is 30.3 Å². The maximum absolute atomic E-state index is 12.2. The molecule has 0 aliphatic heterocycles. The van der Waals surface area contributed by atoms with Crippen molar-refractivity contribution in [3.63, 3.8) is 0 Å². The maximum atomic E-state index is 12.2. The highest BCUT2D eigenvalue weighted by Gasteiger charge is 2.17. The van der Waals surface area contributed by atoms with Crippen LogP contribution in [0.25, 0.3) is 0 Å². The van der Waals surface area contributed by atoms with Gasteiger partial charge in [0.25, 0.3) is 0 Å². The third-order valence-electron chi connectivity index (χ3n) is 3.57. The monoisotopic (exact) mass is 386 g/mol. The van der Waals surface area contributed by atoms with Crippen LogP contribution in [0.15, 0.2) is 48.5 Å². The Labute approximate surface area is 163 Å². The van der Waals surface area contributed by atoms with Gasteiger partial charge < -0.3 is 20.1 Å². The van der Waals surface area contributed by atoms with Crippen LogP contribution < -0.4 is 10.6 Å². The smallest absolute Gasteiger partial charge is 0.340 e. The molecule has 0 radical (unpaired) electrons. The first-order valence-electron chi connectivity index (χ1n) is 8.62. The average Bonchev–Trinajstić information content (AvgIpc) is 2.67. The molecule has 2 N–H and O–H groups in total. The quantitative estimate of drug-likeness (QED) is 0.557. The van der Waals surface area contributed by atoms with Crippen LogP contribution in [0.3, 0.4) is 0 Å². The number of hydrogen-bond acceptors (Lipinski definition) is 5. The van der Waals surface area contributed by atoms with Crippen molar-refractivity contribution < 1.29 is 19.1 Å². The van der Waals surface area contributed by atoms with Crippen molar-refractivity contribution in [2.45, 2.75) is 20.4 Å². The molecule has 2 aromatic rings. The van der Waals surface area contributed by atoms with Gasteiger partial charge in [0.05, 0.1) is 30.0 Å². The van der Waals surface area contributed by atoms with E-state index in [1.807, 2.05) is 30.3 Å². The molecular formula is C20H22N2O4S. The van der Waals surface area contributed by atoms with E-state index in [0.717, 1.165) is 5.56 Å². The van der Waals surface area contributed by atoms with Crippen LogP contribution in [-0.2, 0) is 16.0 Å². The normalized spacial score (nSPS) is 10.0. The van der Waals surface area contributed by atoms with Crippen molar-refractivity contribution in [2.24, 2.45) is 0 Å². The zero-order valence-corrected chi connectivity index (χ0v) is 16.1.